The predicted molar refractivity (Wildman–Crippen MR) is 63.9 cm³/mol. The predicted octanol–water partition coefficient (Wildman–Crippen LogP) is 3.58. The molecule has 0 radical (unpaired) electrons. The second-order valence-electron chi connectivity index (χ2n) is 3.48. The van der Waals surface area contributed by atoms with Crippen molar-refractivity contribution in [1.29, 1.82) is 0 Å². The summed E-state index contributed by atoms with van der Waals surface area (Å²) in [4.78, 5) is 0. The van der Waals surface area contributed by atoms with Gasteiger partial charge in [0, 0.05) is 0 Å². The fourth-order valence-electron chi connectivity index (χ4n) is 1.58. The van der Waals surface area contributed by atoms with Crippen molar-refractivity contribution in [2.24, 2.45) is 0 Å². The van der Waals surface area contributed by atoms with Gasteiger partial charge in [0.1, 0.15) is 0 Å². The molecule has 0 aromatic heterocycles. The first-order valence-electron chi connectivity index (χ1n) is 4.80. The minimum absolute atomic E-state index is 0.0749. The second-order valence-corrected chi connectivity index (χ2v) is 4.14. The normalized spacial score (nSPS) is 10.5. The van der Waals surface area contributed by atoms with Gasteiger partial charge in [0.25, 0.3) is 0 Å². The van der Waals surface area contributed by atoms with Crippen LogP contribution in [0.2, 0.25) is 0 Å². The van der Waals surface area contributed by atoms with E-state index in [1.54, 1.807) is 0 Å². The molecule has 2 heteroatoms. The second kappa shape index (κ2) is 4.37. The number of rotatable bonds is 2. The molecule has 2 aromatic rings. The monoisotopic (exact) mass is 214 g/mol. The molecule has 0 spiro atoms. The van der Waals surface area contributed by atoms with Gasteiger partial charge >= 0.3 is 0 Å². The van der Waals surface area contributed by atoms with Gasteiger partial charge in [-0.1, -0.05) is 48.0 Å². The maximum atomic E-state index is 11.0. The number of aryl methyl sites for hydroxylation is 1. The molecule has 0 heterocycles. The molecule has 2 aromatic carbocycles. The summed E-state index contributed by atoms with van der Waals surface area (Å²) in [6.45, 7) is 2.04. The van der Waals surface area contributed by atoms with Crippen molar-refractivity contribution in [3.05, 3.63) is 54.1 Å². The third kappa shape index (κ3) is 2.14. The van der Waals surface area contributed by atoms with Crippen LogP contribution in [0.25, 0.3) is 11.1 Å². The van der Waals surface area contributed by atoms with Gasteiger partial charge < -0.3 is 0 Å². The van der Waals surface area contributed by atoms with Gasteiger partial charge in [0.15, 0.2) is 8.46 Å². The van der Waals surface area contributed by atoms with Crippen molar-refractivity contribution in [3.8, 4) is 11.1 Å². The smallest absolute Gasteiger partial charge is 0.192 e. The van der Waals surface area contributed by atoms with Crippen LogP contribution in [0, 0.1) is 6.92 Å². The highest BCUT2D eigenvalue weighted by Crippen LogP contribution is 2.20. The van der Waals surface area contributed by atoms with Crippen LogP contribution in [-0.4, -0.2) is 0 Å². The molecule has 0 atom stereocenters. The standard InChI is InChI=1S/C13H11OP/c1-10-7-8-13(15-14)12(9-10)11-5-3-2-4-6-11/h2-9H,1H3. The van der Waals surface area contributed by atoms with Gasteiger partial charge in [-0.2, -0.15) is 0 Å². The fraction of sp³-hybridized carbons (Fsp3) is 0.0769. The highest BCUT2D eigenvalue weighted by molar-refractivity contribution is 7.34. The maximum Gasteiger partial charge on any atom is 0.192 e. The average molecular weight is 214 g/mol. The first-order chi connectivity index (χ1) is 7.31. The summed E-state index contributed by atoms with van der Waals surface area (Å²) in [5, 5.41) is 0.840. The van der Waals surface area contributed by atoms with Crippen molar-refractivity contribution >= 4 is 13.8 Å². The number of hydrogen-bond acceptors (Lipinski definition) is 1. The van der Waals surface area contributed by atoms with Gasteiger partial charge in [-0.25, -0.2) is 0 Å². The Bertz CT molecular complexity index is 477. The molecule has 15 heavy (non-hydrogen) atoms. The molecule has 0 aliphatic rings. The molecule has 0 amide bonds. The van der Waals surface area contributed by atoms with Crippen molar-refractivity contribution in [1.82, 2.24) is 0 Å². The van der Waals surface area contributed by atoms with Gasteiger partial charge in [-0.15, -0.1) is 0 Å². The molecule has 0 N–H and O–H groups in total. The third-order valence-electron chi connectivity index (χ3n) is 2.34. The van der Waals surface area contributed by atoms with Crippen LogP contribution in [0.3, 0.4) is 0 Å². The Kier molecular flexibility index (Phi) is 2.94. The summed E-state index contributed by atoms with van der Waals surface area (Å²) in [7, 11) is 0.0749. The molecule has 0 saturated heterocycles. The van der Waals surface area contributed by atoms with Crippen molar-refractivity contribution in [2.75, 3.05) is 0 Å². The van der Waals surface area contributed by atoms with Gasteiger partial charge in [0.05, 0.1) is 5.30 Å². The quantitative estimate of drug-likeness (QED) is 0.698. The Balaban J connectivity index is 2.61. The van der Waals surface area contributed by atoms with E-state index < -0.39 is 0 Å². The van der Waals surface area contributed by atoms with E-state index >= 15 is 0 Å². The van der Waals surface area contributed by atoms with E-state index in [9.17, 15) is 4.57 Å². The Hall–Kier alpha value is -1.46. The first-order valence-corrected chi connectivity index (χ1v) is 5.62. The Morgan fingerprint density at radius 3 is 2.40 bits per heavy atom. The summed E-state index contributed by atoms with van der Waals surface area (Å²) >= 11 is 0. The van der Waals surface area contributed by atoms with Crippen molar-refractivity contribution in [2.45, 2.75) is 6.92 Å². The lowest BCUT2D eigenvalue weighted by molar-refractivity contribution is 0.603. The molecule has 0 aliphatic heterocycles. The van der Waals surface area contributed by atoms with E-state index in [1.165, 1.54) is 5.56 Å². The van der Waals surface area contributed by atoms with E-state index in [1.807, 2.05) is 49.4 Å². The van der Waals surface area contributed by atoms with Crippen LogP contribution in [0.5, 0.6) is 0 Å². The van der Waals surface area contributed by atoms with E-state index in [0.29, 0.717) is 0 Å². The molecule has 1 nitrogen and oxygen atoms in total. The summed E-state index contributed by atoms with van der Waals surface area (Å²) in [5.74, 6) is 0. The van der Waals surface area contributed by atoms with Crippen LogP contribution in [0.1, 0.15) is 5.56 Å². The zero-order valence-electron chi connectivity index (χ0n) is 8.47. The molecule has 0 fully saturated rings. The summed E-state index contributed by atoms with van der Waals surface area (Å²) in [5.41, 5.74) is 3.34. The van der Waals surface area contributed by atoms with Crippen LogP contribution >= 0.6 is 8.46 Å². The van der Waals surface area contributed by atoms with Crippen molar-refractivity contribution in [3.63, 3.8) is 0 Å². The molecular weight excluding hydrogens is 203 g/mol. The molecule has 0 saturated carbocycles. The van der Waals surface area contributed by atoms with Crippen LogP contribution in [0.4, 0.5) is 0 Å². The van der Waals surface area contributed by atoms with E-state index in [-0.39, 0.29) is 8.46 Å². The maximum absolute atomic E-state index is 11.0. The van der Waals surface area contributed by atoms with Crippen LogP contribution in [-0.2, 0) is 4.57 Å². The largest absolute Gasteiger partial charge is 0.269 e. The molecule has 74 valence electrons. The Labute approximate surface area is 91.0 Å². The first kappa shape index (κ1) is 10.1. The molecule has 0 bridgehead atoms. The van der Waals surface area contributed by atoms with Crippen molar-refractivity contribution < 1.29 is 4.57 Å². The molecular formula is C13H11OP. The highest BCUT2D eigenvalue weighted by Gasteiger charge is 2.04. The lowest BCUT2D eigenvalue weighted by Gasteiger charge is -2.05. The van der Waals surface area contributed by atoms with E-state index in [4.69, 9.17) is 0 Å². The zero-order valence-corrected chi connectivity index (χ0v) is 9.37. The minimum atomic E-state index is 0.0749. The van der Waals surface area contributed by atoms with Crippen LogP contribution < -0.4 is 5.30 Å². The SMILES string of the molecule is Cc1ccc(P=O)c(-c2ccccc2)c1. The third-order valence-corrected chi connectivity index (χ3v) is 2.92. The van der Waals surface area contributed by atoms with Gasteiger partial charge in [-0.3, -0.25) is 4.57 Å². The lowest BCUT2D eigenvalue weighted by atomic mass is 10.0. The molecule has 2 rings (SSSR count). The topological polar surface area (TPSA) is 17.1 Å². The lowest BCUT2D eigenvalue weighted by Crippen LogP contribution is -1.97. The Morgan fingerprint density at radius 1 is 1.00 bits per heavy atom. The molecule has 0 aliphatic carbocycles. The van der Waals surface area contributed by atoms with Gasteiger partial charge in [0.2, 0.25) is 0 Å². The number of hydrogen-bond donors (Lipinski definition) is 0. The average Bonchev–Trinajstić information content (AvgIpc) is 2.30. The molecule has 0 unspecified atom stereocenters. The summed E-state index contributed by atoms with van der Waals surface area (Å²) in [6, 6.07) is 16.0. The number of benzene rings is 2. The highest BCUT2D eigenvalue weighted by atomic mass is 31.1. The van der Waals surface area contributed by atoms with E-state index in [2.05, 4.69) is 6.07 Å². The Morgan fingerprint density at radius 2 is 1.73 bits per heavy atom. The summed E-state index contributed by atoms with van der Waals surface area (Å²) in [6.07, 6.45) is 0. The fourth-order valence-corrected chi connectivity index (χ4v) is 2.01. The van der Waals surface area contributed by atoms with Crippen LogP contribution in [0.15, 0.2) is 48.5 Å². The van der Waals surface area contributed by atoms with E-state index in [0.717, 1.165) is 16.4 Å². The summed E-state index contributed by atoms with van der Waals surface area (Å²) < 4.78 is 11.0. The minimum Gasteiger partial charge on any atom is -0.269 e. The zero-order chi connectivity index (χ0) is 10.7. The van der Waals surface area contributed by atoms with Gasteiger partial charge in [-0.05, 0) is 24.1 Å².